The Morgan fingerprint density at radius 2 is 1.84 bits per heavy atom. The van der Waals surface area contributed by atoms with Gasteiger partial charge in [0.25, 0.3) is 11.8 Å². The van der Waals surface area contributed by atoms with Crippen molar-refractivity contribution in [3.05, 3.63) is 88.1 Å². The quantitative estimate of drug-likeness (QED) is 0.474. The molecule has 0 saturated carbocycles. The molecule has 1 aliphatic rings. The van der Waals surface area contributed by atoms with Gasteiger partial charge < -0.3 is 15.4 Å². The minimum absolute atomic E-state index is 0.206. The molecule has 1 aliphatic heterocycles. The van der Waals surface area contributed by atoms with Crippen molar-refractivity contribution in [1.29, 1.82) is 0 Å². The molecule has 2 aromatic heterocycles. The highest BCUT2D eigenvalue weighted by atomic mass is 32.1. The summed E-state index contributed by atoms with van der Waals surface area (Å²) in [4.78, 5) is 30.0. The fourth-order valence-electron chi connectivity index (χ4n) is 3.43. The van der Waals surface area contributed by atoms with Crippen LogP contribution >= 0.6 is 11.3 Å². The van der Waals surface area contributed by atoms with E-state index in [9.17, 15) is 9.59 Å². The maximum atomic E-state index is 12.6. The number of fused-ring (bicyclic) bond motifs is 1. The Morgan fingerprint density at radius 3 is 2.62 bits per heavy atom. The molecule has 0 atom stereocenters. The zero-order valence-corrected chi connectivity index (χ0v) is 17.8. The van der Waals surface area contributed by atoms with E-state index >= 15 is 0 Å². The SMILES string of the molecule is O=C(NCc1ccc2c(c1)CCO2)c1ccc(C(=O)Nc2ccc(-n3cncn3)cc2)s1. The molecular weight excluding hydrogens is 426 g/mol. The first-order valence-corrected chi connectivity index (χ1v) is 10.9. The second-order valence-corrected chi connectivity index (χ2v) is 8.31. The van der Waals surface area contributed by atoms with Crippen LogP contribution in [0, 0.1) is 0 Å². The van der Waals surface area contributed by atoms with Crippen LogP contribution in [0.25, 0.3) is 5.69 Å². The van der Waals surface area contributed by atoms with E-state index in [0.717, 1.165) is 34.8 Å². The minimum Gasteiger partial charge on any atom is -0.493 e. The molecule has 5 rings (SSSR count). The number of ether oxygens (including phenoxy) is 1. The molecule has 0 spiro atoms. The molecule has 0 aliphatic carbocycles. The molecule has 2 N–H and O–H groups in total. The van der Waals surface area contributed by atoms with Gasteiger partial charge in [-0.15, -0.1) is 11.3 Å². The fourth-order valence-corrected chi connectivity index (χ4v) is 4.25. The lowest BCUT2D eigenvalue weighted by Gasteiger charge is -2.06. The first kappa shape index (κ1) is 20.0. The van der Waals surface area contributed by atoms with Gasteiger partial charge in [-0.05, 0) is 53.6 Å². The Labute approximate surface area is 187 Å². The third-order valence-corrected chi connectivity index (χ3v) is 6.15. The third kappa shape index (κ3) is 4.23. The van der Waals surface area contributed by atoms with Crippen molar-refractivity contribution in [1.82, 2.24) is 20.1 Å². The molecule has 3 heterocycles. The van der Waals surface area contributed by atoms with Crippen molar-refractivity contribution in [3.8, 4) is 11.4 Å². The third-order valence-electron chi connectivity index (χ3n) is 5.07. The molecule has 0 fully saturated rings. The average Bonchev–Trinajstić information content (AvgIpc) is 3.59. The summed E-state index contributed by atoms with van der Waals surface area (Å²) in [5.41, 5.74) is 3.68. The van der Waals surface area contributed by atoms with Crippen molar-refractivity contribution >= 4 is 28.8 Å². The van der Waals surface area contributed by atoms with Gasteiger partial charge in [0.15, 0.2) is 0 Å². The molecule has 0 bridgehead atoms. The summed E-state index contributed by atoms with van der Waals surface area (Å²) in [6, 6.07) is 16.5. The Kier molecular flexibility index (Phi) is 5.39. The first-order chi connectivity index (χ1) is 15.7. The number of rotatable bonds is 6. The monoisotopic (exact) mass is 445 g/mol. The van der Waals surface area contributed by atoms with Crippen LogP contribution in [0.4, 0.5) is 5.69 Å². The number of carbonyl (C=O) groups excluding carboxylic acids is 2. The highest BCUT2D eigenvalue weighted by molar-refractivity contribution is 7.16. The van der Waals surface area contributed by atoms with Crippen LogP contribution in [0.2, 0.25) is 0 Å². The van der Waals surface area contributed by atoms with E-state index < -0.39 is 0 Å². The standard InChI is InChI=1S/C23H19N5O3S/c29-22(25-12-15-1-6-19-16(11-15)9-10-31-19)20-7-8-21(32-20)23(30)27-17-2-4-18(5-3-17)28-14-24-13-26-28/h1-8,11,13-14H,9-10,12H2,(H,25,29)(H,27,30). The van der Waals surface area contributed by atoms with Gasteiger partial charge in [0.1, 0.15) is 18.4 Å². The van der Waals surface area contributed by atoms with Gasteiger partial charge in [-0.1, -0.05) is 12.1 Å². The lowest BCUT2D eigenvalue weighted by molar-refractivity contribution is 0.0954. The number of nitrogens with zero attached hydrogens (tertiary/aromatic N) is 3. The van der Waals surface area contributed by atoms with Crippen LogP contribution in [0.3, 0.4) is 0 Å². The Hall–Kier alpha value is -3.98. The number of anilines is 1. The van der Waals surface area contributed by atoms with Crippen LogP contribution in [0.1, 0.15) is 30.5 Å². The highest BCUT2D eigenvalue weighted by Gasteiger charge is 2.15. The van der Waals surface area contributed by atoms with E-state index in [4.69, 9.17) is 4.74 Å². The number of hydrogen-bond acceptors (Lipinski definition) is 6. The van der Waals surface area contributed by atoms with Crippen LogP contribution in [0.15, 0.2) is 67.3 Å². The minimum atomic E-state index is -0.263. The number of aromatic nitrogens is 3. The van der Waals surface area contributed by atoms with E-state index in [1.165, 1.54) is 11.9 Å². The van der Waals surface area contributed by atoms with Gasteiger partial charge >= 0.3 is 0 Å². The normalized spacial score (nSPS) is 12.1. The lowest BCUT2D eigenvalue weighted by Crippen LogP contribution is -2.21. The number of nitrogens with one attached hydrogen (secondary N) is 2. The first-order valence-electron chi connectivity index (χ1n) is 10.0. The summed E-state index contributed by atoms with van der Waals surface area (Å²) in [6.45, 7) is 1.13. The molecule has 9 heteroatoms. The van der Waals surface area contributed by atoms with Gasteiger partial charge in [-0.2, -0.15) is 5.10 Å². The Morgan fingerprint density at radius 1 is 1.03 bits per heavy atom. The van der Waals surface area contributed by atoms with Crippen LogP contribution in [0.5, 0.6) is 5.75 Å². The van der Waals surface area contributed by atoms with Gasteiger partial charge in [0, 0.05) is 18.7 Å². The van der Waals surface area contributed by atoms with Crippen molar-refractivity contribution < 1.29 is 14.3 Å². The molecule has 4 aromatic rings. The van der Waals surface area contributed by atoms with Gasteiger partial charge in [0.05, 0.1) is 22.0 Å². The largest absolute Gasteiger partial charge is 0.493 e. The molecule has 32 heavy (non-hydrogen) atoms. The highest BCUT2D eigenvalue weighted by Crippen LogP contribution is 2.26. The lowest BCUT2D eigenvalue weighted by atomic mass is 10.1. The number of hydrogen-bond donors (Lipinski definition) is 2. The van der Waals surface area contributed by atoms with E-state index in [1.807, 2.05) is 24.3 Å². The van der Waals surface area contributed by atoms with E-state index in [0.29, 0.717) is 28.6 Å². The summed E-state index contributed by atoms with van der Waals surface area (Å²) in [7, 11) is 0. The van der Waals surface area contributed by atoms with Gasteiger partial charge in [-0.25, -0.2) is 9.67 Å². The zero-order chi connectivity index (χ0) is 21.9. The molecule has 2 aromatic carbocycles. The smallest absolute Gasteiger partial charge is 0.265 e. The van der Waals surface area contributed by atoms with Gasteiger partial charge in [0.2, 0.25) is 0 Å². The van der Waals surface area contributed by atoms with Crippen molar-refractivity contribution in [3.63, 3.8) is 0 Å². The topological polar surface area (TPSA) is 98.1 Å². The van der Waals surface area contributed by atoms with E-state index in [2.05, 4.69) is 26.8 Å². The van der Waals surface area contributed by atoms with Crippen molar-refractivity contribution in [2.24, 2.45) is 0 Å². The maximum Gasteiger partial charge on any atom is 0.265 e. The maximum absolute atomic E-state index is 12.6. The average molecular weight is 446 g/mol. The summed E-state index contributed by atoms with van der Waals surface area (Å²) in [5, 5.41) is 9.83. The zero-order valence-electron chi connectivity index (χ0n) is 16.9. The number of thiophene rings is 1. The number of carbonyl (C=O) groups is 2. The predicted molar refractivity (Wildman–Crippen MR) is 120 cm³/mol. The molecule has 0 unspecified atom stereocenters. The summed E-state index contributed by atoms with van der Waals surface area (Å²) in [6.07, 6.45) is 3.95. The van der Waals surface area contributed by atoms with Crippen LogP contribution < -0.4 is 15.4 Å². The molecule has 2 amide bonds. The summed E-state index contributed by atoms with van der Waals surface area (Å²) < 4.78 is 7.14. The summed E-state index contributed by atoms with van der Waals surface area (Å²) in [5.74, 6) is 0.450. The molecule has 0 radical (unpaired) electrons. The van der Waals surface area contributed by atoms with Crippen LogP contribution in [-0.2, 0) is 13.0 Å². The Bertz CT molecular complexity index is 1270. The molecule has 160 valence electrons. The predicted octanol–water partition coefficient (Wildman–Crippen LogP) is 3.45. The van der Waals surface area contributed by atoms with E-state index in [-0.39, 0.29) is 11.8 Å². The van der Waals surface area contributed by atoms with Crippen LogP contribution in [-0.4, -0.2) is 33.2 Å². The van der Waals surface area contributed by atoms with Crippen molar-refractivity contribution in [2.75, 3.05) is 11.9 Å². The Balaban J connectivity index is 1.18. The summed E-state index contributed by atoms with van der Waals surface area (Å²) >= 11 is 1.16. The number of benzene rings is 2. The molecule has 0 saturated heterocycles. The number of amides is 2. The van der Waals surface area contributed by atoms with Crippen molar-refractivity contribution in [2.45, 2.75) is 13.0 Å². The second-order valence-electron chi connectivity index (χ2n) is 7.23. The second kappa shape index (κ2) is 8.64. The molecular formula is C23H19N5O3S. The van der Waals surface area contributed by atoms with Gasteiger partial charge in [-0.3, -0.25) is 9.59 Å². The van der Waals surface area contributed by atoms with E-state index in [1.54, 1.807) is 35.3 Å². The molecule has 8 nitrogen and oxygen atoms in total. The fraction of sp³-hybridized carbons (Fsp3) is 0.130.